The Morgan fingerprint density at radius 1 is 0.977 bits per heavy atom. The van der Waals surface area contributed by atoms with Crippen LogP contribution in [0.25, 0.3) is 22.8 Å². The molecule has 0 unspecified atom stereocenters. The Morgan fingerprint density at radius 3 is 2.40 bits per heavy atom. The van der Waals surface area contributed by atoms with Gasteiger partial charge >= 0.3 is 5.97 Å². The van der Waals surface area contributed by atoms with Crippen LogP contribution in [0.15, 0.2) is 81.8 Å². The van der Waals surface area contributed by atoms with Crippen LogP contribution in [0.1, 0.15) is 49.6 Å². The molecule has 11 heteroatoms. The van der Waals surface area contributed by atoms with Crippen molar-refractivity contribution in [3.8, 4) is 28.6 Å². The molecule has 10 nitrogen and oxygen atoms in total. The second kappa shape index (κ2) is 11.7. The predicted octanol–water partition coefficient (Wildman–Crippen LogP) is 6.29. The van der Waals surface area contributed by atoms with Crippen molar-refractivity contribution in [3.05, 3.63) is 95.6 Å². The van der Waals surface area contributed by atoms with E-state index < -0.39 is 17.4 Å². The second-order valence-corrected chi connectivity index (χ2v) is 11.0. The molecule has 1 fully saturated rings. The van der Waals surface area contributed by atoms with Crippen molar-refractivity contribution < 1.29 is 28.1 Å². The third kappa shape index (κ3) is 6.56. The average molecular weight is 584 g/mol. The first-order valence-electron chi connectivity index (χ1n) is 14.0. The van der Waals surface area contributed by atoms with Gasteiger partial charge in [0.25, 0.3) is 11.8 Å². The third-order valence-electron chi connectivity index (χ3n) is 7.24. The first-order chi connectivity index (χ1) is 20.7. The van der Waals surface area contributed by atoms with Crippen molar-refractivity contribution in [3.63, 3.8) is 0 Å². The molecule has 6 rings (SSSR count). The summed E-state index contributed by atoms with van der Waals surface area (Å²) in [6.07, 6.45) is 2.80. The van der Waals surface area contributed by atoms with Crippen molar-refractivity contribution >= 4 is 11.9 Å². The molecule has 0 aliphatic heterocycles. The highest BCUT2D eigenvalue weighted by Gasteiger charge is 2.30. The van der Waals surface area contributed by atoms with Crippen LogP contribution >= 0.6 is 0 Å². The largest absolute Gasteiger partial charge is 0.478 e. The number of carboxylic acid groups (broad SMARTS) is 1. The molecule has 0 saturated heterocycles. The molecule has 220 valence electrons. The van der Waals surface area contributed by atoms with Crippen LogP contribution in [-0.4, -0.2) is 43.5 Å². The number of aliphatic carboxylic acids is 1. The van der Waals surface area contributed by atoms with Gasteiger partial charge in [-0.3, -0.25) is 0 Å². The summed E-state index contributed by atoms with van der Waals surface area (Å²) in [5.41, 5.74) is 1.75. The molecule has 0 radical (unpaired) electrons. The highest BCUT2D eigenvalue weighted by atomic mass is 19.1. The number of hydrogen-bond acceptors (Lipinski definition) is 9. The van der Waals surface area contributed by atoms with E-state index in [1.165, 1.54) is 19.9 Å². The van der Waals surface area contributed by atoms with E-state index in [0.29, 0.717) is 48.8 Å². The van der Waals surface area contributed by atoms with Crippen LogP contribution in [0.5, 0.6) is 5.75 Å². The van der Waals surface area contributed by atoms with Crippen molar-refractivity contribution in [2.75, 3.05) is 11.4 Å². The minimum Gasteiger partial charge on any atom is -0.478 e. The van der Waals surface area contributed by atoms with Gasteiger partial charge in [-0.05, 0) is 73.7 Å². The summed E-state index contributed by atoms with van der Waals surface area (Å²) < 4.78 is 30.9. The standard InChI is InChI=1S/C32H30FN5O5/c1-32(2,30(39)40)41-24-15-9-20(10-16-24)17-18-38(31-35-29(43-37-31)25-5-3-4-6-26(25)33)19-21-7-11-22(12-8-21)27-34-28(42-36-27)23-13-14-23/h3-12,15-16,23H,13-14,17-19H2,1-2H3,(H,39,40). The maximum Gasteiger partial charge on any atom is 0.347 e. The second-order valence-electron chi connectivity index (χ2n) is 11.0. The van der Waals surface area contributed by atoms with E-state index in [1.54, 1.807) is 30.3 Å². The number of carbonyl (C=O) groups is 1. The molecule has 3 aromatic carbocycles. The summed E-state index contributed by atoms with van der Waals surface area (Å²) in [7, 11) is 0. The van der Waals surface area contributed by atoms with E-state index in [2.05, 4.69) is 20.3 Å². The van der Waals surface area contributed by atoms with E-state index >= 15 is 0 Å². The number of halogens is 1. The molecule has 1 aliphatic rings. The summed E-state index contributed by atoms with van der Waals surface area (Å²) in [6.45, 7) is 3.99. The van der Waals surface area contributed by atoms with Crippen molar-refractivity contribution in [1.82, 2.24) is 20.3 Å². The van der Waals surface area contributed by atoms with E-state index in [4.69, 9.17) is 13.8 Å². The first-order valence-corrected chi connectivity index (χ1v) is 14.0. The minimum atomic E-state index is -1.34. The molecular formula is C32H30FN5O5. The van der Waals surface area contributed by atoms with Gasteiger partial charge in [0, 0.05) is 24.6 Å². The zero-order valence-electron chi connectivity index (χ0n) is 23.7. The van der Waals surface area contributed by atoms with Crippen LogP contribution < -0.4 is 9.64 Å². The van der Waals surface area contributed by atoms with Crippen molar-refractivity contribution in [1.29, 1.82) is 0 Å². The number of nitrogens with zero attached hydrogens (tertiary/aromatic N) is 5. The van der Waals surface area contributed by atoms with E-state index in [1.807, 2.05) is 41.3 Å². The number of rotatable bonds is 12. The number of anilines is 1. The lowest BCUT2D eigenvalue weighted by molar-refractivity contribution is -0.152. The van der Waals surface area contributed by atoms with Gasteiger partial charge < -0.3 is 23.8 Å². The maximum atomic E-state index is 14.4. The zero-order valence-corrected chi connectivity index (χ0v) is 23.7. The summed E-state index contributed by atoms with van der Waals surface area (Å²) >= 11 is 0. The molecule has 2 aromatic heterocycles. The van der Waals surface area contributed by atoms with E-state index in [-0.39, 0.29) is 11.5 Å². The maximum absolute atomic E-state index is 14.4. The molecule has 0 bridgehead atoms. The van der Waals surface area contributed by atoms with Crippen molar-refractivity contribution in [2.24, 2.45) is 0 Å². The topological polar surface area (TPSA) is 128 Å². The lowest BCUT2D eigenvalue weighted by atomic mass is 10.1. The lowest BCUT2D eigenvalue weighted by Crippen LogP contribution is -2.37. The molecular weight excluding hydrogens is 553 g/mol. The monoisotopic (exact) mass is 583 g/mol. The third-order valence-corrected chi connectivity index (χ3v) is 7.24. The SMILES string of the molecule is CC(C)(Oc1ccc(CCN(Cc2ccc(-c3noc(C4CC4)n3)cc2)c2noc(-c3ccccc3F)n2)cc1)C(=O)O. The van der Waals surface area contributed by atoms with Crippen LogP contribution in [0.3, 0.4) is 0 Å². The molecule has 1 N–H and O–H groups in total. The fourth-order valence-electron chi connectivity index (χ4n) is 4.49. The van der Waals surface area contributed by atoms with Gasteiger partial charge in [0.05, 0.1) is 5.56 Å². The Labute approximate surface area is 247 Å². The number of benzene rings is 3. The Hall–Kier alpha value is -5.06. The fourth-order valence-corrected chi connectivity index (χ4v) is 4.49. The lowest BCUT2D eigenvalue weighted by Gasteiger charge is -2.22. The Kier molecular flexibility index (Phi) is 7.62. The van der Waals surface area contributed by atoms with E-state index in [0.717, 1.165) is 29.5 Å². The molecule has 2 heterocycles. The summed E-state index contributed by atoms with van der Waals surface area (Å²) in [6, 6.07) is 21.4. The number of carboxylic acids is 1. The van der Waals surface area contributed by atoms with Gasteiger partial charge in [0.2, 0.25) is 11.7 Å². The van der Waals surface area contributed by atoms with Crippen molar-refractivity contribution in [2.45, 2.75) is 51.2 Å². The smallest absolute Gasteiger partial charge is 0.347 e. The molecule has 0 atom stereocenters. The minimum absolute atomic E-state index is 0.0968. The number of ether oxygens (including phenoxy) is 1. The summed E-state index contributed by atoms with van der Waals surface area (Å²) in [5.74, 6) is 1.05. The summed E-state index contributed by atoms with van der Waals surface area (Å²) in [5, 5.41) is 17.6. The van der Waals surface area contributed by atoms with Gasteiger partial charge in [-0.15, -0.1) is 0 Å². The molecule has 0 spiro atoms. The first kappa shape index (κ1) is 28.1. The van der Waals surface area contributed by atoms with Crippen LogP contribution in [-0.2, 0) is 17.8 Å². The molecule has 1 aliphatic carbocycles. The van der Waals surface area contributed by atoms with Crippen LogP contribution in [0, 0.1) is 5.82 Å². The number of aromatic nitrogens is 4. The van der Waals surface area contributed by atoms with Gasteiger partial charge in [-0.25, -0.2) is 9.18 Å². The normalized spacial score (nSPS) is 13.2. The van der Waals surface area contributed by atoms with Crippen LogP contribution in [0.4, 0.5) is 10.3 Å². The Morgan fingerprint density at radius 2 is 1.70 bits per heavy atom. The molecule has 43 heavy (non-hydrogen) atoms. The van der Waals surface area contributed by atoms with Crippen LogP contribution in [0.2, 0.25) is 0 Å². The van der Waals surface area contributed by atoms with Gasteiger partial charge in [-0.2, -0.15) is 9.97 Å². The molecule has 5 aromatic rings. The Bertz CT molecular complexity index is 1710. The number of hydrogen-bond donors (Lipinski definition) is 1. The van der Waals surface area contributed by atoms with Gasteiger partial charge in [0.15, 0.2) is 5.60 Å². The van der Waals surface area contributed by atoms with Gasteiger partial charge in [0.1, 0.15) is 11.6 Å². The highest BCUT2D eigenvalue weighted by Crippen LogP contribution is 2.39. The predicted molar refractivity (Wildman–Crippen MR) is 155 cm³/mol. The quantitative estimate of drug-likeness (QED) is 0.179. The highest BCUT2D eigenvalue weighted by molar-refractivity contribution is 5.76. The van der Waals surface area contributed by atoms with E-state index in [9.17, 15) is 14.3 Å². The Balaban J connectivity index is 1.19. The fraction of sp³-hybridized carbons (Fsp3) is 0.281. The molecule has 1 saturated carbocycles. The summed E-state index contributed by atoms with van der Waals surface area (Å²) in [4.78, 5) is 22.4. The molecule has 0 amide bonds. The average Bonchev–Trinajstić information content (AvgIpc) is 3.52. The zero-order chi connectivity index (χ0) is 30.0. The van der Waals surface area contributed by atoms with Gasteiger partial charge in [-0.1, -0.05) is 53.7 Å².